The van der Waals surface area contributed by atoms with Gasteiger partial charge in [-0.2, -0.15) is 0 Å². The van der Waals surface area contributed by atoms with Crippen LogP contribution in [0.2, 0.25) is 0 Å². The Labute approximate surface area is 364 Å². The number of benzene rings is 1. The number of β-amino-alcohol motifs (C(OH)–C–C–N with tert-alkyl or cyclic N) is 1. The number of cyclic esters (lactones) is 1. The van der Waals surface area contributed by atoms with Crippen LogP contribution in [-0.4, -0.2) is 138 Å². The predicted molar refractivity (Wildman–Crippen MR) is 227 cm³/mol. The molecule has 0 aromatic heterocycles. The molecule has 0 aliphatic carbocycles. The first-order valence-corrected chi connectivity index (χ1v) is 21.4. The molecule has 10 atom stereocenters. The lowest BCUT2D eigenvalue weighted by Crippen LogP contribution is -2.67. The third kappa shape index (κ3) is 13.3. The van der Waals surface area contributed by atoms with Crippen molar-refractivity contribution in [2.45, 2.75) is 142 Å². The number of hydrogen-bond donors (Lipinski definition) is 7. The van der Waals surface area contributed by atoms with Gasteiger partial charge >= 0.3 is 5.97 Å². The number of likely N-dealkylation sites (N-methyl/N-ethyl adjacent to an activating group) is 1. The van der Waals surface area contributed by atoms with Gasteiger partial charge < -0.3 is 46.1 Å². The van der Waals surface area contributed by atoms with Gasteiger partial charge in [0.2, 0.25) is 35.9 Å². The van der Waals surface area contributed by atoms with Gasteiger partial charge in [-0.3, -0.25) is 38.6 Å². The molecule has 2 aliphatic rings. The monoisotopic (exact) mass is 873 g/mol. The van der Waals surface area contributed by atoms with E-state index in [1.54, 1.807) is 58.9 Å². The molecule has 19 nitrogen and oxygen atoms in total. The zero-order valence-electron chi connectivity index (χ0n) is 37.9. The Kier molecular flexibility index (Phi) is 19.1. The van der Waals surface area contributed by atoms with Gasteiger partial charge in [0.25, 0.3) is 5.91 Å². The largest absolute Gasteiger partial charge is 0.497 e. The van der Waals surface area contributed by atoms with Crippen molar-refractivity contribution in [3.8, 4) is 5.75 Å². The molecule has 1 unspecified atom stereocenters. The third-order valence-electron chi connectivity index (χ3n) is 11.4. The maximum atomic E-state index is 14.6. The van der Waals surface area contributed by atoms with Crippen molar-refractivity contribution < 1.29 is 52.9 Å². The van der Waals surface area contributed by atoms with E-state index >= 15 is 0 Å². The maximum Gasteiger partial charge on any atom is 0.329 e. The van der Waals surface area contributed by atoms with Gasteiger partial charge in [0.05, 0.1) is 13.2 Å². The minimum Gasteiger partial charge on any atom is -0.497 e. The van der Waals surface area contributed by atoms with E-state index in [4.69, 9.17) is 9.47 Å². The molecule has 7 N–H and O–H groups in total. The normalized spacial score (nSPS) is 27.1. The Hall–Kier alpha value is -5.30. The van der Waals surface area contributed by atoms with Crippen LogP contribution in [0.15, 0.2) is 24.3 Å². The van der Waals surface area contributed by atoms with Crippen molar-refractivity contribution in [2.75, 3.05) is 20.7 Å². The van der Waals surface area contributed by atoms with Gasteiger partial charge in [-0.25, -0.2) is 10.2 Å². The second-order valence-corrected chi connectivity index (χ2v) is 17.4. The SMILES string of the molecule is CC[C@@H](C)[C@H](NC=O)C(=O)N[C@@H]1C(=O)N[C@H](Cc2ccc(OC)cc2)C(=O)N[C@H](C(C)C)C(=O)N2NC[C@@H](O)C[C@H]2C(=O)N[C@@H](CC(C)C)C(=O)N(C)C(C(C)C)C(=O)O[C@@H]1C. The molecular formula is C43H68N8O11. The van der Waals surface area contributed by atoms with Crippen LogP contribution < -0.4 is 36.7 Å². The first-order valence-electron chi connectivity index (χ1n) is 21.4. The van der Waals surface area contributed by atoms with Crippen LogP contribution in [-0.2, 0) is 49.5 Å². The van der Waals surface area contributed by atoms with E-state index in [9.17, 15) is 43.5 Å². The van der Waals surface area contributed by atoms with Crippen LogP contribution in [0.25, 0.3) is 0 Å². The summed E-state index contributed by atoms with van der Waals surface area (Å²) in [7, 11) is 2.89. The molecule has 0 saturated carbocycles. The Bertz CT molecular complexity index is 1740. The zero-order valence-corrected chi connectivity index (χ0v) is 37.9. The average molecular weight is 873 g/mol. The topological polar surface area (TPSA) is 254 Å². The summed E-state index contributed by atoms with van der Waals surface area (Å²) < 4.78 is 11.2. The van der Waals surface area contributed by atoms with Gasteiger partial charge in [0.1, 0.15) is 54.1 Å². The Morgan fingerprint density at radius 3 is 2.10 bits per heavy atom. The quantitative estimate of drug-likeness (QED) is 0.102. The molecular weight excluding hydrogens is 805 g/mol. The summed E-state index contributed by atoms with van der Waals surface area (Å²) in [6.07, 6.45) is -1.78. The van der Waals surface area contributed by atoms with E-state index in [0.717, 1.165) is 5.01 Å². The molecule has 0 radical (unpaired) electrons. The van der Waals surface area contributed by atoms with E-state index in [-0.39, 0.29) is 37.6 Å². The zero-order chi connectivity index (χ0) is 46.6. The van der Waals surface area contributed by atoms with Gasteiger partial charge in [0, 0.05) is 26.4 Å². The smallest absolute Gasteiger partial charge is 0.329 e. The fourth-order valence-corrected chi connectivity index (χ4v) is 7.59. The van der Waals surface area contributed by atoms with Crippen molar-refractivity contribution in [2.24, 2.45) is 23.7 Å². The molecule has 0 bridgehead atoms. The minimum atomic E-state index is -1.64. The molecule has 19 heteroatoms. The standard InChI is InChI=1S/C43H68N8O11/c1-12-25(8)34(44-21-52)39(56)49-35-26(9)62-43(60)36(24(6)7)50(10)41(58)31(17-22(2)3)47-38(55)32-19-28(53)20-45-51(32)42(59)33(23(4)5)48-37(54)30(46-40(35)57)18-27-13-15-29(61-11)16-14-27/h13-16,21-26,28,30-36,45,53H,12,17-20H2,1-11H3,(H,44,52)(H,46,57)(H,47,55)(H,48,54)(H,49,56)/t25-,26-,28+,30-,31+,32+,33-,34+,35+,36?/m1/s1. The molecule has 1 aromatic carbocycles. The summed E-state index contributed by atoms with van der Waals surface area (Å²) in [4.78, 5) is 113. The Morgan fingerprint density at radius 1 is 0.919 bits per heavy atom. The first kappa shape index (κ1) is 51.1. The summed E-state index contributed by atoms with van der Waals surface area (Å²) in [6, 6.07) is -2.45. The number of fused-ring (bicyclic) bond motifs is 1. The number of rotatable bonds is 13. The van der Waals surface area contributed by atoms with E-state index < -0.39 is 108 Å². The van der Waals surface area contributed by atoms with Crippen LogP contribution in [0.5, 0.6) is 5.75 Å². The highest BCUT2D eigenvalue weighted by molar-refractivity contribution is 5.98. The average Bonchev–Trinajstić information content (AvgIpc) is 3.21. The van der Waals surface area contributed by atoms with Gasteiger partial charge in [0.15, 0.2) is 0 Å². The number of ether oxygens (including phenoxy) is 2. The lowest BCUT2D eigenvalue weighted by Gasteiger charge is -2.40. The first-order chi connectivity index (χ1) is 29.1. The number of nitrogens with zero attached hydrogens (tertiary/aromatic N) is 2. The lowest BCUT2D eigenvalue weighted by molar-refractivity contribution is -0.163. The molecule has 7 amide bonds. The minimum absolute atomic E-state index is 0.0920. The summed E-state index contributed by atoms with van der Waals surface area (Å²) in [5.41, 5.74) is 3.41. The van der Waals surface area contributed by atoms with Gasteiger partial charge in [-0.05, 0) is 54.7 Å². The molecule has 3 rings (SSSR count). The Balaban J connectivity index is 2.26. The molecule has 2 heterocycles. The van der Waals surface area contributed by atoms with Crippen molar-refractivity contribution in [1.29, 1.82) is 0 Å². The Morgan fingerprint density at radius 2 is 1.55 bits per heavy atom. The van der Waals surface area contributed by atoms with Gasteiger partial charge in [-0.15, -0.1) is 0 Å². The van der Waals surface area contributed by atoms with Crippen molar-refractivity contribution >= 4 is 47.8 Å². The van der Waals surface area contributed by atoms with Crippen LogP contribution in [0, 0.1) is 23.7 Å². The van der Waals surface area contributed by atoms with Gasteiger partial charge in [-0.1, -0.05) is 73.9 Å². The second kappa shape index (κ2) is 23.2. The number of carbonyl (C=O) groups excluding carboxylic acids is 8. The molecule has 346 valence electrons. The maximum absolute atomic E-state index is 14.6. The number of carbonyl (C=O) groups is 8. The summed E-state index contributed by atoms with van der Waals surface area (Å²) in [6.45, 7) is 15.3. The van der Waals surface area contributed by atoms with Crippen molar-refractivity contribution in [3.63, 3.8) is 0 Å². The van der Waals surface area contributed by atoms with E-state index in [1.165, 1.54) is 26.0 Å². The van der Waals surface area contributed by atoms with Crippen molar-refractivity contribution in [1.82, 2.24) is 41.9 Å². The summed E-state index contributed by atoms with van der Waals surface area (Å²) in [5, 5.41) is 25.1. The highest BCUT2D eigenvalue weighted by Gasteiger charge is 2.44. The van der Waals surface area contributed by atoms with Crippen LogP contribution >= 0.6 is 0 Å². The molecule has 62 heavy (non-hydrogen) atoms. The van der Waals surface area contributed by atoms with Crippen LogP contribution in [0.3, 0.4) is 0 Å². The highest BCUT2D eigenvalue weighted by Crippen LogP contribution is 2.21. The molecule has 1 aromatic rings. The number of aliphatic hydroxyl groups is 1. The fourth-order valence-electron chi connectivity index (χ4n) is 7.59. The summed E-state index contributed by atoms with van der Waals surface area (Å²) >= 11 is 0. The fraction of sp³-hybridized carbons (Fsp3) is 0.674. The summed E-state index contributed by atoms with van der Waals surface area (Å²) in [5.74, 6) is -6.61. The third-order valence-corrected chi connectivity index (χ3v) is 11.4. The van der Waals surface area contributed by atoms with Crippen molar-refractivity contribution in [3.05, 3.63) is 29.8 Å². The number of nitrogens with one attached hydrogen (secondary N) is 6. The number of esters is 1. The van der Waals surface area contributed by atoms with E-state index in [0.29, 0.717) is 24.1 Å². The number of hydrogen-bond acceptors (Lipinski definition) is 12. The number of hydrazine groups is 1. The predicted octanol–water partition coefficient (Wildman–Crippen LogP) is -0.0656. The number of amides is 7. The molecule has 0 spiro atoms. The number of methoxy groups -OCH3 is 1. The molecule has 2 saturated heterocycles. The van der Waals surface area contributed by atoms with Crippen LogP contribution in [0.4, 0.5) is 0 Å². The molecule has 2 aliphatic heterocycles. The highest BCUT2D eigenvalue weighted by atomic mass is 16.5. The van der Waals surface area contributed by atoms with Crippen LogP contribution in [0.1, 0.15) is 87.1 Å². The van der Waals surface area contributed by atoms with E-state index in [2.05, 4.69) is 32.0 Å². The lowest BCUT2D eigenvalue weighted by atomic mass is 9.97. The number of aliphatic hydroxyl groups excluding tert-OH is 1. The second-order valence-electron chi connectivity index (χ2n) is 17.4. The van der Waals surface area contributed by atoms with E-state index in [1.807, 2.05) is 20.8 Å². The molecule has 2 fully saturated rings.